The maximum absolute atomic E-state index is 3.41. The first kappa shape index (κ1) is 8.65. The molecule has 0 unspecified atom stereocenters. The van der Waals surface area contributed by atoms with Gasteiger partial charge in [-0.2, -0.15) is 0 Å². The summed E-state index contributed by atoms with van der Waals surface area (Å²) in [7, 11) is 0. The average Bonchev–Trinajstić information content (AvgIpc) is 2.38. The Labute approximate surface area is 70.4 Å². The van der Waals surface area contributed by atoms with Gasteiger partial charge in [0.1, 0.15) is 0 Å². The van der Waals surface area contributed by atoms with Crippen LogP contribution in [0, 0.1) is 23.2 Å². The van der Waals surface area contributed by atoms with Gasteiger partial charge in [-0.3, -0.25) is 0 Å². The van der Waals surface area contributed by atoms with E-state index in [0.717, 1.165) is 5.92 Å². The fourth-order valence-electron chi connectivity index (χ4n) is 2.10. The molecule has 0 bridgehead atoms. The third-order valence-corrected chi connectivity index (χ3v) is 2.97. The quantitative estimate of drug-likeness (QED) is 0.503. The summed E-state index contributed by atoms with van der Waals surface area (Å²) in [6.07, 6.45) is 5.41. The predicted octanol–water partition coefficient (Wildman–Crippen LogP) is 3.23. The zero-order valence-corrected chi connectivity index (χ0v) is 7.91. The van der Waals surface area contributed by atoms with Crippen LogP contribution in [-0.4, -0.2) is 0 Å². The summed E-state index contributed by atoms with van der Waals surface area (Å²) >= 11 is 0. The van der Waals surface area contributed by atoms with Crippen molar-refractivity contribution in [1.82, 2.24) is 0 Å². The highest BCUT2D eigenvalue weighted by molar-refractivity contribution is 5.13. The summed E-state index contributed by atoms with van der Waals surface area (Å²) in [5, 5.41) is 0. The van der Waals surface area contributed by atoms with Crippen molar-refractivity contribution in [2.24, 2.45) is 11.3 Å². The van der Waals surface area contributed by atoms with Crippen LogP contribution in [0.25, 0.3) is 0 Å². The van der Waals surface area contributed by atoms with Crippen LogP contribution >= 0.6 is 0 Å². The van der Waals surface area contributed by atoms with Crippen LogP contribution in [0.3, 0.4) is 0 Å². The third kappa shape index (κ3) is 1.59. The van der Waals surface area contributed by atoms with Gasteiger partial charge in [0.05, 0.1) is 0 Å². The molecule has 0 radical (unpaired) electrons. The third-order valence-electron chi connectivity index (χ3n) is 2.97. The summed E-state index contributed by atoms with van der Waals surface area (Å²) < 4.78 is 0. The molecule has 1 fully saturated rings. The van der Waals surface area contributed by atoms with Gasteiger partial charge in [0.25, 0.3) is 0 Å². The van der Waals surface area contributed by atoms with Gasteiger partial charge in [0.2, 0.25) is 0 Å². The van der Waals surface area contributed by atoms with Gasteiger partial charge >= 0.3 is 0 Å². The lowest BCUT2D eigenvalue weighted by Crippen LogP contribution is -2.21. The summed E-state index contributed by atoms with van der Waals surface area (Å²) in [6, 6.07) is 0. The molecule has 1 aliphatic rings. The maximum atomic E-state index is 3.41. The van der Waals surface area contributed by atoms with Gasteiger partial charge in [-0.05, 0) is 25.7 Å². The Balaban J connectivity index is 2.76. The molecule has 1 saturated carbocycles. The van der Waals surface area contributed by atoms with Crippen molar-refractivity contribution in [3.63, 3.8) is 0 Å². The Morgan fingerprint density at radius 2 is 1.73 bits per heavy atom. The van der Waals surface area contributed by atoms with E-state index in [1.54, 1.807) is 0 Å². The smallest absolute Gasteiger partial charge is 0.0337 e. The number of hydrogen-bond acceptors (Lipinski definition) is 0. The molecule has 0 N–H and O–H groups in total. The van der Waals surface area contributed by atoms with E-state index in [4.69, 9.17) is 0 Å². The van der Waals surface area contributed by atoms with Crippen molar-refractivity contribution < 1.29 is 0 Å². The standard InChI is InChI=1S/C11H18/c1-4-7-11(10(2)3)8-5-6-9-11/h10H,5-6,8-9H2,1-3H3. The number of rotatable bonds is 1. The van der Waals surface area contributed by atoms with Gasteiger partial charge < -0.3 is 0 Å². The van der Waals surface area contributed by atoms with E-state index in [1.807, 2.05) is 6.92 Å². The monoisotopic (exact) mass is 150 g/mol. The van der Waals surface area contributed by atoms with E-state index in [1.165, 1.54) is 25.7 Å². The molecule has 0 spiro atoms. The van der Waals surface area contributed by atoms with Crippen LogP contribution in [0.2, 0.25) is 0 Å². The number of hydrogen-bond donors (Lipinski definition) is 0. The Hall–Kier alpha value is -0.440. The van der Waals surface area contributed by atoms with Crippen molar-refractivity contribution in [1.29, 1.82) is 0 Å². The Bertz CT molecular complexity index is 172. The highest BCUT2D eigenvalue weighted by atomic mass is 14.4. The van der Waals surface area contributed by atoms with E-state index in [2.05, 4.69) is 25.7 Å². The Morgan fingerprint density at radius 3 is 2.09 bits per heavy atom. The first-order chi connectivity index (χ1) is 5.21. The second kappa shape index (κ2) is 3.30. The van der Waals surface area contributed by atoms with Crippen LogP contribution in [0.5, 0.6) is 0 Å². The van der Waals surface area contributed by atoms with Crippen LogP contribution < -0.4 is 0 Å². The lowest BCUT2D eigenvalue weighted by molar-refractivity contribution is 0.290. The molecular weight excluding hydrogens is 132 g/mol. The molecular formula is C11H18. The first-order valence-corrected chi connectivity index (χ1v) is 4.65. The molecule has 0 saturated heterocycles. The van der Waals surface area contributed by atoms with Crippen LogP contribution in [-0.2, 0) is 0 Å². The van der Waals surface area contributed by atoms with Crippen molar-refractivity contribution in [2.45, 2.75) is 46.5 Å². The SMILES string of the molecule is CC#CC1(C(C)C)CCCC1. The van der Waals surface area contributed by atoms with Crippen molar-refractivity contribution >= 4 is 0 Å². The second-order valence-electron chi connectivity index (χ2n) is 3.89. The average molecular weight is 150 g/mol. The van der Waals surface area contributed by atoms with E-state index in [0.29, 0.717) is 5.41 Å². The fraction of sp³-hybridized carbons (Fsp3) is 0.818. The minimum Gasteiger partial charge on any atom is -0.106 e. The second-order valence-corrected chi connectivity index (χ2v) is 3.89. The summed E-state index contributed by atoms with van der Waals surface area (Å²) in [5.74, 6) is 7.22. The normalized spacial score (nSPS) is 21.5. The summed E-state index contributed by atoms with van der Waals surface area (Å²) in [4.78, 5) is 0. The molecule has 0 aliphatic heterocycles. The molecule has 62 valence electrons. The first-order valence-electron chi connectivity index (χ1n) is 4.65. The van der Waals surface area contributed by atoms with Gasteiger partial charge in [0, 0.05) is 5.41 Å². The molecule has 0 heterocycles. The van der Waals surface area contributed by atoms with Gasteiger partial charge in [-0.1, -0.05) is 32.6 Å². The molecule has 0 amide bonds. The van der Waals surface area contributed by atoms with Gasteiger partial charge in [0.15, 0.2) is 0 Å². The lowest BCUT2D eigenvalue weighted by atomic mass is 9.76. The van der Waals surface area contributed by atoms with Crippen LogP contribution in [0.15, 0.2) is 0 Å². The van der Waals surface area contributed by atoms with Crippen LogP contribution in [0.1, 0.15) is 46.5 Å². The van der Waals surface area contributed by atoms with Gasteiger partial charge in [-0.25, -0.2) is 0 Å². The molecule has 0 aromatic carbocycles. The summed E-state index contributed by atoms with van der Waals surface area (Å²) in [5.41, 5.74) is 0.384. The molecule has 11 heavy (non-hydrogen) atoms. The maximum Gasteiger partial charge on any atom is 0.0337 e. The minimum atomic E-state index is 0.384. The molecule has 0 nitrogen and oxygen atoms in total. The zero-order chi connectivity index (χ0) is 8.32. The highest BCUT2D eigenvalue weighted by Gasteiger charge is 2.34. The molecule has 0 aromatic heterocycles. The predicted molar refractivity (Wildman–Crippen MR) is 49.2 cm³/mol. The molecule has 1 rings (SSSR count). The van der Waals surface area contributed by atoms with E-state index < -0.39 is 0 Å². The lowest BCUT2D eigenvalue weighted by Gasteiger charge is -2.27. The molecule has 0 heteroatoms. The largest absolute Gasteiger partial charge is 0.106 e. The Morgan fingerprint density at radius 1 is 1.18 bits per heavy atom. The minimum absolute atomic E-state index is 0.384. The van der Waals surface area contributed by atoms with Crippen molar-refractivity contribution in [3.8, 4) is 11.8 Å². The van der Waals surface area contributed by atoms with E-state index in [-0.39, 0.29) is 0 Å². The fourth-order valence-corrected chi connectivity index (χ4v) is 2.10. The highest BCUT2D eigenvalue weighted by Crippen LogP contribution is 2.43. The molecule has 1 aliphatic carbocycles. The van der Waals surface area contributed by atoms with E-state index in [9.17, 15) is 0 Å². The Kier molecular flexibility index (Phi) is 2.60. The molecule has 0 atom stereocenters. The van der Waals surface area contributed by atoms with Crippen molar-refractivity contribution in [2.75, 3.05) is 0 Å². The molecule has 0 aromatic rings. The van der Waals surface area contributed by atoms with Crippen LogP contribution in [0.4, 0.5) is 0 Å². The van der Waals surface area contributed by atoms with Gasteiger partial charge in [-0.15, -0.1) is 5.92 Å². The van der Waals surface area contributed by atoms with Crippen molar-refractivity contribution in [3.05, 3.63) is 0 Å². The zero-order valence-electron chi connectivity index (χ0n) is 7.91. The summed E-state index contributed by atoms with van der Waals surface area (Å²) in [6.45, 7) is 6.56. The van der Waals surface area contributed by atoms with E-state index >= 15 is 0 Å². The topological polar surface area (TPSA) is 0 Å².